The quantitative estimate of drug-likeness (QED) is 0.580. The second kappa shape index (κ2) is 5.38. The third-order valence-electron chi connectivity index (χ3n) is 3.83. The third-order valence-corrected chi connectivity index (χ3v) is 3.83. The zero-order valence-corrected chi connectivity index (χ0v) is 10.0. The van der Waals surface area contributed by atoms with Crippen LogP contribution in [0, 0.1) is 23.7 Å². The highest BCUT2D eigenvalue weighted by Gasteiger charge is 2.29. The summed E-state index contributed by atoms with van der Waals surface area (Å²) in [4.78, 5) is 0. The standard InChI is InChI=1S/C14H24/c1-5-7-8-14-12(4)11(3)9-10-13(14)6-2/h5,7,9-14H,6,8H2,1-4H3. The minimum Gasteiger partial charge on any atom is -0.0917 e. The van der Waals surface area contributed by atoms with Crippen LogP contribution in [0.4, 0.5) is 0 Å². The van der Waals surface area contributed by atoms with Gasteiger partial charge in [-0.2, -0.15) is 0 Å². The molecule has 0 spiro atoms. The van der Waals surface area contributed by atoms with Gasteiger partial charge in [0.15, 0.2) is 0 Å². The van der Waals surface area contributed by atoms with E-state index in [9.17, 15) is 0 Å². The Bertz CT molecular complexity index is 212. The summed E-state index contributed by atoms with van der Waals surface area (Å²) in [5, 5.41) is 0. The molecule has 4 unspecified atom stereocenters. The van der Waals surface area contributed by atoms with Gasteiger partial charge in [-0.25, -0.2) is 0 Å². The van der Waals surface area contributed by atoms with Crippen LogP contribution in [0.2, 0.25) is 0 Å². The molecule has 4 atom stereocenters. The van der Waals surface area contributed by atoms with E-state index in [0.717, 1.165) is 23.7 Å². The van der Waals surface area contributed by atoms with E-state index in [1.165, 1.54) is 12.8 Å². The smallest absolute Gasteiger partial charge is 0.0202 e. The Labute approximate surface area is 89.1 Å². The first-order valence-electron chi connectivity index (χ1n) is 6.00. The average molecular weight is 192 g/mol. The minimum absolute atomic E-state index is 0.757. The summed E-state index contributed by atoms with van der Waals surface area (Å²) in [5.41, 5.74) is 0. The van der Waals surface area contributed by atoms with Crippen molar-refractivity contribution in [1.82, 2.24) is 0 Å². The van der Waals surface area contributed by atoms with Crippen LogP contribution >= 0.6 is 0 Å². The van der Waals surface area contributed by atoms with E-state index in [1.54, 1.807) is 0 Å². The molecule has 0 heterocycles. The summed E-state index contributed by atoms with van der Waals surface area (Å²) in [5.74, 6) is 3.25. The van der Waals surface area contributed by atoms with Crippen molar-refractivity contribution in [2.24, 2.45) is 23.7 Å². The molecule has 0 saturated carbocycles. The van der Waals surface area contributed by atoms with E-state index in [1.807, 2.05) is 0 Å². The van der Waals surface area contributed by atoms with Gasteiger partial charge in [-0.15, -0.1) is 0 Å². The summed E-state index contributed by atoms with van der Waals surface area (Å²) < 4.78 is 0. The average Bonchev–Trinajstić information content (AvgIpc) is 2.20. The Morgan fingerprint density at radius 3 is 2.50 bits per heavy atom. The summed E-state index contributed by atoms with van der Waals surface area (Å²) in [6.07, 6.45) is 11.9. The highest BCUT2D eigenvalue weighted by molar-refractivity contribution is 5.04. The van der Waals surface area contributed by atoms with Crippen LogP contribution in [-0.4, -0.2) is 0 Å². The van der Waals surface area contributed by atoms with Gasteiger partial charge in [0.25, 0.3) is 0 Å². The van der Waals surface area contributed by atoms with Crippen molar-refractivity contribution >= 4 is 0 Å². The van der Waals surface area contributed by atoms with Crippen LogP contribution in [0.3, 0.4) is 0 Å². The zero-order chi connectivity index (χ0) is 10.6. The predicted molar refractivity (Wildman–Crippen MR) is 64.2 cm³/mol. The van der Waals surface area contributed by atoms with Crippen molar-refractivity contribution in [2.75, 3.05) is 0 Å². The summed E-state index contributed by atoms with van der Waals surface area (Å²) >= 11 is 0. The lowest BCUT2D eigenvalue weighted by Gasteiger charge is -2.35. The van der Waals surface area contributed by atoms with Gasteiger partial charge in [-0.1, -0.05) is 45.1 Å². The van der Waals surface area contributed by atoms with Gasteiger partial charge < -0.3 is 0 Å². The van der Waals surface area contributed by atoms with Crippen molar-refractivity contribution < 1.29 is 0 Å². The lowest BCUT2D eigenvalue weighted by atomic mass is 9.70. The number of hydrogen-bond acceptors (Lipinski definition) is 0. The van der Waals surface area contributed by atoms with E-state index < -0.39 is 0 Å². The van der Waals surface area contributed by atoms with Gasteiger partial charge in [0.05, 0.1) is 0 Å². The number of rotatable bonds is 3. The fraction of sp³-hybridized carbons (Fsp3) is 0.714. The zero-order valence-electron chi connectivity index (χ0n) is 10.0. The fourth-order valence-corrected chi connectivity index (χ4v) is 2.54. The van der Waals surface area contributed by atoms with Gasteiger partial charge in [0.1, 0.15) is 0 Å². The van der Waals surface area contributed by atoms with Crippen LogP contribution in [0.1, 0.15) is 40.5 Å². The molecule has 0 fully saturated rings. The monoisotopic (exact) mass is 192 g/mol. The molecular formula is C14H24. The second-order valence-corrected chi connectivity index (χ2v) is 4.64. The Morgan fingerprint density at radius 1 is 1.21 bits per heavy atom. The summed E-state index contributed by atoms with van der Waals surface area (Å²) in [7, 11) is 0. The van der Waals surface area contributed by atoms with Crippen LogP contribution in [-0.2, 0) is 0 Å². The summed E-state index contributed by atoms with van der Waals surface area (Å²) in [6, 6.07) is 0. The van der Waals surface area contributed by atoms with Gasteiger partial charge in [-0.05, 0) is 43.4 Å². The molecule has 0 aromatic heterocycles. The molecule has 0 aromatic rings. The SMILES string of the molecule is CC=CCC1C(CC)C=CC(C)C1C. The first kappa shape index (κ1) is 11.6. The molecule has 0 nitrogen and oxygen atoms in total. The molecule has 1 aliphatic carbocycles. The maximum absolute atomic E-state index is 2.44. The molecule has 1 aliphatic rings. The normalized spacial score (nSPS) is 38.0. The van der Waals surface area contributed by atoms with Gasteiger partial charge >= 0.3 is 0 Å². The van der Waals surface area contributed by atoms with Crippen LogP contribution in [0.5, 0.6) is 0 Å². The molecule has 0 saturated heterocycles. The fourth-order valence-electron chi connectivity index (χ4n) is 2.54. The van der Waals surface area contributed by atoms with Crippen LogP contribution in [0.15, 0.2) is 24.3 Å². The van der Waals surface area contributed by atoms with Crippen LogP contribution in [0.25, 0.3) is 0 Å². The maximum atomic E-state index is 2.44. The molecule has 0 aromatic carbocycles. The second-order valence-electron chi connectivity index (χ2n) is 4.64. The summed E-state index contributed by atoms with van der Waals surface area (Å²) in [6.45, 7) is 9.18. The minimum atomic E-state index is 0.757. The molecule has 80 valence electrons. The Kier molecular flexibility index (Phi) is 4.44. The number of allylic oxidation sites excluding steroid dienone is 4. The van der Waals surface area contributed by atoms with Crippen molar-refractivity contribution in [3.05, 3.63) is 24.3 Å². The van der Waals surface area contributed by atoms with Crippen molar-refractivity contribution in [3.8, 4) is 0 Å². The van der Waals surface area contributed by atoms with E-state index in [0.29, 0.717) is 0 Å². The molecule has 0 aliphatic heterocycles. The molecule has 0 amide bonds. The van der Waals surface area contributed by atoms with Crippen molar-refractivity contribution in [2.45, 2.75) is 40.5 Å². The molecule has 0 bridgehead atoms. The first-order valence-corrected chi connectivity index (χ1v) is 6.00. The van der Waals surface area contributed by atoms with E-state index >= 15 is 0 Å². The Hall–Kier alpha value is -0.520. The Morgan fingerprint density at radius 2 is 1.93 bits per heavy atom. The molecule has 1 rings (SSSR count). The molecular weight excluding hydrogens is 168 g/mol. The van der Waals surface area contributed by atoms with Crippen molar-refractivity contribution in [1.29, 1.82) is 0 Å². The molecule has 0 radical (unpaired) electrons. The van der Waals surface area contributed by atoms with Gasteiger partial charge in [0.2, 0.25) is 0 Å². The predicted octanol–water partition coefficient (Wildman–Crippen LogP) is 4.44. The Balaban J connectivity index is 2.70. The molecule has 14 heavy (non-hydrogen) atoms. The topological polar surface area (TPSA) is 0 Å². The highest BCUT2D eigenvalue weighted by atomic mass is 14.3. The van der Waals surface area contributed by atoms with Crippen LogP contribution < -0.4 is 0 Å². The molecule has 0 N–H and O–H groups in total. The lowest BCUT2D eigenvalue weighted by molar-refractivity contribution is 0.215. The highest BCUT2D eigenvalue weighted by Crippen LogP contribution is 2.37. The van der Waals surface area contributed by atoms with Gasteiger partial charge in [-0.3, -0.25) is 0 Å². The third kappa shape index (κ3) is 2.50. The van der Waals surface area contributed by atoms with E-state index in [2.05, 4.69) is 52.0 Å². The lowest BCUT2D eigenvalue weighted by Crippen LogP contribution is -2.27. The van der Waals surface area contributed by atoms with E-state index in [-0.39, 0.29) is 0 Å². The van der Waals surface area contributed by atoms with Gasteiger partial charge in [0, 0.05) is 0 Å². The largest absolute Gasteiger partial charge is 0.0917 e. The number of hydrogen-bond donors (Lipinski definition) is 0. The molecule has 0 heteroatoms. The first-order chi connectivity index (χ1) is 6.70. The van der Waals surface area contributed by atoms with Crippen molar-refractivity contribution in [3.63, 3.8) is 0 Å². The maximum Gasteiger partial charge on any atom is -0.0202 e. The van der Waals surface area contributed by atoms with E-state index in [4.69, 9.17) is 0 Å².